The number of ether oxygens (including phenoxy) is 1. The number of nitrogens with one attached hydrogen (secondary N) is 1. The van der Waals surface area contributed by atoms with Crippen LogP contribution < -0.4 is 10.1 Å². The number of benzene rings is 1. The Morgan fingerprint density at radius 3 is 2.81 bits per heavy atom. The fourth-order valence-electron chi connectivity index (χ4n) is 1.38. The molecule has 0 fully saturated rings. The van der Waals surface area contributed by atoms with E-state index in [9.17, 15) is 4.39 Å². The predicted octanol–water partition coefficient (Wildman–Crippen LogP) is 2.90. The van der Waals surface area contributed by atoms with E-state index in [4.69, 9.17) is 4.74 Å². The number of hydrogen-bond donors (Lipinski definition) is 1. The Morgan fingerprint density at radius 1 is 1.44 bits per heavy atom. The second kappa shape index (κ2) is 6.48. The summed E-state index contributed by atoms with van der Waals surface area (Å²) in [6.45, 7) is 7.54. The van der Waals surface area contributed by atoms with Crippen molar-refractivity contribution in [1.82, 2.24) is 5.32 Å². The van der Waals surface area contributed by atoms with Gasteiger partial charge in [0.05, 0.1) is 0 Å². The van der Waals surface area contributed by atoms with E-state index >= 15 is 0 Å². The number of rotatable bonds is 6. The van der Waals surface area contributed by atoms with E-state index in [1.165, 1.54) is 6.07 Å². The first-order valence-electron chi connectivity index (χ1n) is 5.75. The van der Waals surface area contributed by atoms with Crippen LogP contribution in [-0.2, 0) is 0 Å². The zero-order chi connectivity index (χ0) is 12.0. The van der Waals surface area contributed by atoms with Gasteiger partial charge in [-0.2, -0.15) is 0 Å². The van der Waals surface area contributed by atoms with Crippen molar-refractivity contribution < 1.29 is 9.13 Å². The SMILES string of the molecule is CCCNC(C)COc1ccc(F)c(C)c1. The predicted molar refractivity (Wildman–Crippen MR) is 64.4 cm³/mol. The molecule has 2 nitrogen and oxygen atoms in total. The van der Waals surface area contributed by atoms with Gasteiger partial charge in [0.25, 0.3) is 0 Å². The van der Waals surface area contributed by atoms with Crippen molar-refractivity contribution in [3.8, 4) is 5.75 Å². The smallest absolute Gasteiger partial charge is 0.126 e. The number of aryl methyl sites for hydroxylation is 1. The molecular formula is C13H20FNO. The van der Waals surface area contributed by atoms with Crippen LogP contribution in [0.4, 0.5) is 4.39 Å². The van der Waals surface area contributed by atoms with Gasteiger partial charge in [-0.25, -0.2) is 4.39 Å². The van der Waals surface area contributed by atoms with Crippen LogP contribution >= 0.6 is 0 Å². The van der Waals surface area contributed by atoms with Gasteiger partial charge < -0.3 is 10.1 Å². The third-order valence-electron chi connectivity index (χ3n) is 2.37. The molecule has 0 aliphatic rings. The maximum Gasteiger partial charge on any atom is 0.126 e. The molecule has 0 saturated heterocycles. The molecule has 1 rings (SSSR count). The average Bonchev–Trinajstić information content (AvgIpc) is 2.28. The molecule has 0 aliphatic carbocycles. The molecule has 0 amide bonds. The lowest BCUT2D eigenvalue weighted by Gasteiger charge is -2.14. The van der Waals surface area contributed by atoms with E-state index in [0.717, 1.165) is 18.7 Å². The van der Waals surface area contributed by atoms with Crippen LogP contribution in [0.15, 0.2) is 18.2 Å². The number of hydrogen-bond acceptors (Lipinski definition) is 2. The summed E-state index contributed by atoms with van der Waals surface area (Å²) in [5, 5.41) is 3.33. The van der Waals surface area contributed by atoms with Crippen LogP contribution in [0.3, 0.4) is 0 Å². The average molecular weight is 225 g/mol. The second-order valence-electron chi connectivity index (χ2n) is 4.08. The summed E-state index contributed by atoms with van der Waals surface area (Å²) in [5.74, 6) is 0.536. The molecule has 3 heteroatoms. The zero-order valence-electron chi connectivity index (χ0n) is 10.2. The highest BCUT2D eigenvalue weighted by Gasteiger charge is 2.03. The third-order valence-corrected chi connectivity index (χ3v) is 2.37. The molecule has 0 saturated carbocycles. The van der Waals surface area contributed by atoms with Gasteiger partial charge in [0.2, 0.25) is 0 Å². The Kier molecular flexibility index (Phi) is 5.26. The van der Waals surface area contributed by atoms with Crippen molar-refractivity contribution in [2.45, 2.75) is 33.2 Å². The minimum Gasteiger partial charge on any atom is -0.492 e. The summed E-state index contributed by atoms with van der Waals surface area (Å²) in [4.78, 5) is 0. The van der Waals surface area contributed by atoms with E-state index < -0.39 is 0 Å². The fraction of sp³-hybridized carbons (Fsp3) is 0.538. The molecule has 0 heterocycles. The molecule has 0 spiro atoms. The summed E-state index contributed by atoms with van der Waals surface area (Å²) in [6.07, 6.45) is 1.11. The monoisotopic (exact) mass is 225 g/mol. The van der Waals surface area contributed by atoms with Crippen molar-refractivity contribution in [2.75, 3.05) is 13.2 Å². The van der Waals surface area contributed by atoms with Crippen LogP contribution in [0.2, 0.25) is 0 Å². The highest BCUT2D eigenvalue weighted by Crippen LogP contribution is 2.15. The second-order valence-corrected chi connectivity index (χ2v) is 4.08. The standard InChI is InChI=1S/C13H20FNO/c1-4-7-15-11(3)9-16-12-5-6-13(14)10(2)8-12/h5-6,8,11,15H,4,7,9H2,1-3H3. The Labute approximate surface area is 96.8 Å². The lowest BCUT2D eigenvalue weighted by Crippen LogP contribution is -2.32. The largest absolute Gasteiger partial charge is 0.492 e. The molecule has 1 aromatic rings. The normalized spacial score (nSPS) is 12.5. The van der Waals surface area contributed by atoms with E-state index in [2.05, 4.69) is 19.2 Å². The molecule has 16 heavy (non-hydrogen) atoms. The maximum atomic E-state index is 13.0. The van der Waals surface area contributed by atoms with Gasteiger partial charge in [-0.05, 0) is 50.6 Å². The van der Waals surface area contributed by atoms with Gasteiger partial charge in [-0.3, -0.25) is 0 Å². The summed E-state index contributed by atoms with van der Waals surface area (Å²) in [5.41, 5.74) is 0.617. The van der Waals surface area contributed by atoms with Crippen LogP contribution in [0.1, 0.15) is 25.8 Å². The molecule has 1 unspecified atom stereocenters. The summed E-state index contributed by atoms with van der Waals surface area (Å²) >= 11 is 0. The van der Waals surface area contributed by atoms with E-state index in [1.54, 1.807) is 19.1 Å². The Balaban J connectivity index is 2.39. The number of halogens is 1. The summed E-state index contributed by atoms with van der Waals surface area (Å²) in [7, 11) is 0. The van der Waals surface area contributed by atoms with Gasteiger partial charge in [0.15, 0.2) is 0 Å². The highest BCUT2D eigenvalue weighted by atomic mass is 19.1. The fourth-order valence-corrected chi connectivity index (χ4v) is 1.38. The summed E-state index contributed by atoms with van der Waals surface area (Å²) < 4.78 is 18.6. The first-order valence-corrected chi connectivity index (χ1v) is 5.75. The Bertz CT molecular complexity index is 328. The third kappa shape index (κ3) is 4.19. The summed E-state index contributed by atoms with van der Waals surface area (Å²) in [6, 6.07) is 5.14. The van der Waals surface area contributed by atoms with Crippen molar-refractivity contribution in [3.63, 3.8) is 0 Å². The van der Waals surface area contributed by atoms with Gasteiger partial charge in [0.1, 0.15) is 18.2 Å². The van der Waals surface area contributed by atoms with Crippen molar-refractivity contribution in [2.24, 2.45) is 0 Å². The van der Waals surface area contributed by atoms with Crippen LogP contribution in [0.25, 0.3) is 0 Å². The van der Waals surface area contributed by atoms with Crippen LogP contribution in [0, 0.1) is 12.7 Å². The highest BCUT2D eigenvalue weighted by molar-refractivity contribution is 5.28. The lowest BCUT2D eigenvalue weighted by molar-refractivity contribution is 0.273. The molecule has 0 aromatic heterocycles. The first-order chi connectivity index (χ1) is 7.63. The van der Waals surface area contributed by atoms with E-state index in [-0.39, 0.29) is 5.82 Å². The zero-order valence-corrected chi connectivity index (χ0v) is 10.2. The molecule has 1 N–H and O–H groups in total. The van der Waals surface area contributed by atoms with E-state index in [0.29, 0.717) is 18.2 Å². The quantitative estimate of drug-likeness (QED) is 0.803. The van der Waals surface area contributed by atoms with Gasteiger partial charge in [0, 0.05) is 6.04 Å². The van der Waals surface area contributed by atoms with Crippen molar-refractivity contribution >= 4 is 0 Å². The van der Waals surface area contributed by atoms with Crippen molar-refractivity contribution in [1.29, 1.82) is 0 Å². The molecule has 90 valence electrons. The Morgan fingerprint density at radius 2 is 2.19 bits per heavy atom. The maximum absolute atomic E-state index is 13.0. The Hall–Kier alpha value is -1.09. The first kappa shape index (κ1) is 13.0. The van der Waals surface area contributed by atoms with Crippen LogP contribution in [-0.4, -0.2) is 19.2 Å². The van der Waals surface area contributed by atoms with Gasteiger partial charge in [-0.15, -0.1) is 0 Å². The minimum atomic E-state index is -0.190. The minimum absolute atomic E-state index is 0.190. The van der Waals surface area contributed by atoms with Crippen molar-refractivity contribution in [3.05, 3.63) is 29.6 Å². The molecule has 0 radical (unpaired) electrons. The van der Waals surface area contributed by atoms with Gasteiger partial charge in [-0.1, -0.05) is 6.92 Å². The van der Waals surface area contributed by atoms with E-state index in [1.807, 2.05) is 0 Å². The lowest BCUT2D eigenvalue weighted by atomic mass is 10.2. The van der Waals surface area contributed by atoms with Crippen LogP contribution in [0.5, 0.6) is 5.75 Å². The molecular weight excluding hydrogens is 205 g/mol. The molecule has 1 aromatic carbocycles. The topological polar surface area (TPSA) is 21.3 Å². The molecule has 0 aliphatic heterocycles. The molecule has 0 bridgehead atoms. The molecule has 1 atom stereocenters. The van der Waals surface area contributed by atoms with Gasteiger partial charge >= 0.3 is 0 Å².